The molecule has 0 fully saturated rings. The molecular formula is C15H29NO4. The van der Waals surface area contributed by atoms with Crippen molar-refractivity contribution in [3.05, 3.63) is 0 Å². The molecule has 5 heteroatoms. The molecule has 0 aliphatic heterocycles. The monoisotopic (exact) mass is 287 g/mol. The van der Waals surface area contributed by atoms with Crippen molar-refractivity contribution in [3.8, 4) is 0 Å². The lowest BCUT2D eigenvalue weighted by Gasteiger charge is -2.27. The number of carboxylic acids is 1. The third-order valence-corrected chi connectivity index (χ3v) is 3.57. The minimum absolute atomic E-state index is 0.0855. The SMILES string of the molecule is CCCC(O)(CCC)CC(=O)NCCC(C)(C)C(=O)O. The van der Waals surface area contributed by atoms with Crippen molar-refractivity contribution in [2.24, 2.45) is 5.41 Å². The number of nitrogens with one attached hydrogen (secondary N) is 1. The average molecular weight is 287 g/mol. The fourth-order valence-electron chi connectivity index (χ4n) is 2.22. The lowest BCUT2D eigenvalue weighted by molar-refractivity contribution is -0.147. The second kappa shape index (κ2) is 8.25. The molecule has 0 spiro atoms. The molecule has 0 aromatic heterocycles. The number of rotatable bonds is 10. The molecular weight excluding hydrogens is 258 g/mol. The van der Waals surface area contributed by atoms with Crippen LogP contribution in [0.4, 0.5) is 0 Å². The van der Waals surface area contributed by atoms with E-state index in [-0.39, 0.29) is 12.3 Å². The van der Waals surface area contributed by atoms with E-state index in [9.17, 15) is 14.7 Å². The van der Waals surface area contributed by atoms with Gasteiger partial charge in [-0.15, -0.1) is 0 Å². The molecule has 0 saturated heterocycles. The van der Waals surface area contributed by atoms with Gasteiger partial charge in [-0.25, -0.2) is 0 Å². The molecule has 0 aromatic carbocycles. The van der Waals surface area contributed by atoms with Crippen LogP contribution in [0, 0.1) is 5.41 Å². The Morgan fingerprint density at radius 3 is 1.95 bits per heavy atom. The number of aliphatic hydroxyl groups is 1. The highest BCUT2D eigenvalue weighted by Crippen LogP contribution is 2.24. The van der Waals surface area contributed by atoms with Gasteiger partial charge in [0.2, 0.25) is 5.91 Å². The van der Waals surface area contributed by atoms with Crippen LogP contribution in [0.2, 0.25) is 0 Å². The predicted molar refractivity (Wildman–Crippen MR) is 78.4 cm³/mol. The first kappa shape index (κ1) is 18.9. The highest BCUT2D eigenvalue weighted by molar-refractivity contribution is 5.77. The predicted octanol–water partition coefficient (Wildman–Crippen LogP) is 2.32. The molecule has 3 N–H and O–H groups in total. The van der Waals surface area contributed by atoms with Crippen LogP contribution in [-0.2, 0) is 9.59 Å². The molecule has 0 saturated carbocycles. The maximum atomic E-state index is 11.8. The Morgan fingerprint density at radius 2 is 1.55 bits per heavy atom. The van der Waals surface area contributed by atoms with Gasteiger partial charge < -0.3 is 15.5 Å². The number of carboxylic acid groups (broad SMARTS) is 1. The van der Waals surface area contributed by atoms with E-state index in [1.165, 1.54) is 0 Å². The third kappa shape index (κ3) is 6.89. The first-order chi connectivity index (χ1) is 9.17. The first-order valence-corrected chi connectivity index (χ1v) is 7.39. The quantitative estimate of drug-likeness (QED) is 0.575. The highest BCUT2D eigenvalue weighted by atomic mass is 16.4. The van der Waals surface area contributed by atoms with Crippen molar-refractivity contribution < 1.29 is 19.8 Å². The number of amides is 1. The fourth-order valence-corrected chi connectivity index (χ4v) is 2.22. The zero-order chi connectivity index (χ0) is 15.8. The van der Waals surface area contributed by atoms with E-state index in [4.69, 9.17) is 5.11 Å². The second-order valence-corrected chi connectivity index (χ2v) is 6.19. The van der Waals surface area contributed by atoms with Gasteiger partial charge in [-0.05, 0) is 33.1 Å². The molecule has 1 amide bonds. The molecule has 0 radical (unpaired) electrons. The van der Waals surface area contributed by atoms with Gasteiger partial charge in [0.25, 0.3) is 0 Å². The minimum Gasteiger partial charge on any atom is -0.481 e. The number of carbonyl (C=O) groups is 2. The van der Waals surface area contributed by atoms with Crippen molar-refractivity contribution in [1.82, 2.24) is 5.32 Å². The van der Waals surface area contributed by atoms with Crippen molar-refractivity contribution in [2.45, 2.75) is 71.8 Å². The van der Waals surface area contributed by atoms with Crippen LogP contribution in [0.25, 0.3) is 0 Å². The first-order valence-electron chi connectivity index (χ1n) is 7.39. The maximum Gasteiger partial charge on any atom is 0.309 e. The summed E-state index contributed by atoms with van der Waals surface area (Å²) in [6.45, 7) is 7.53. The van der Waals surface area contributed by atoms with E-state index in [0.29, 0.717) is 25.8 Å². The van der Waals surface area contributed by atoms with E-state index in [2.05, 4.69) is 5.32 Å². The number of hydrogen-bond acceptors (Lipinski definition) is 3. The summed E-state index contributed by atoms with van der Waals surface area (Å²) in [7, 11) is 0. The van der Waals surface area contributed by atoms with Crippen LogP contribution in [0.15, 0.2) is 0 Å². The summed E-state index contributed by atoms with van der Waals surface area (Å²) in [6, 6.07) is 0. The topological polar surface area (TPSA) is 86.6 Å². The van der Waals surface area contributed by atoms with Gasteiger partial charge >= 0.3 is 5.97 Å². The van der Waals surface area contributed by atoms with E-state index >= 15 is 0 Å². The van der Waals surface area contributed by atoms with E-state index in [0.717, 1.165) is 12.8 Å². The second-order valence-electron chi connectivity index (χ2n) is 6.19. The molecule has 0 aliphatic carbocycles. The van der Waals surface area contributed by atoms with Gasteiger partial charge in [0.1, 0.15) is 0 Å². The molecule has 0 atom stereocenters. The van der Waals surface area contributed by atoms with Crippen LogP contribution in [0.1, 0.15) is 66.2 Å². The summed E-state index contributed by atoms with van der Waals surface area (Å²) in [5.41, 5.74) is -1.79. The van der Waals surface area contributed by atoms with Crippen molar-refractivity contribution in [3.63, 3.8) is 0 Å². The Balaban J connectivity index is 4.25. The number of hydrogen-bond donors (Lipinski definition) is 3. The lowest BCUT2D eigenvalue weighted by atomic mass is 9.88. The molecule has 0 unspecified atom stereocenters. The van der Waals surface area contributed by atoms with Crippen molar-refractivity contribution in [1.29, 1.82) is 0 Å². The third-order valence-electron chi connectivity index (χ3n) is 3.57. The largest absolute Gasteiger partial charge is 0.481 e. The molecule has 0 aromatic rings. The smallest absolute Gasteiger partial charge is 0.309 e. The molecule has 0 rings (SSSR count). The fraction of sp³-hybridized carbons (Fsp3) is 0.867. The van der Waals surface area contributed by atoms with Gasteiger partial charge in [0.05, 0.1) is 17.4 Å². The van der Waals surface area contributed by atoms with Gasteiger partial charge in [-0.1, -0.05) is 26.7 Å². The van der Waals surface area contributed by atoms with Crippen LogP contribution >= 0.6 is 0 Å². The molecule has 20 heavy (non-hydrogen) atoms. The molecule has 5 nitrogen and oxygen atoms in total. The molecule has 0 aliphatic rings. The van der Waals surface area contributed by atoms with E-state index in [1.807, 2.05) is 13.8 Å². The maximum absolute atomic E-state index is 11.8. The minimum atomic E-state index is -0.935. The van der Waals surface area contributed by atoms with Crippen LogP contribution < -0.4 is 5.32 Å². The Bertz CT molecular complexity index is 320. The summed E-state index contributed by atoms with van der Waals surface area (Å²) in [5.74, 6) is -1.09. The number of aliphatic carboxylic acids is 1. The molecule has 0 heterocycles. The molecule has 118 valence electrons. The van der Waals surface area contributed by atoms with Gasteiger partial charge in [0, 0.05) is 6.54 Å². The highest BCUT2D eigenvalue weighted by Gasteiger charge is 2.29. The van der Waals surface area contributed by atoms with Crippen molar-refractivity contribution in [2.75, 3.05) is 6.54 Å². The van der Waals surface area contributed by atoms with Crippen LogP contribution in [0.5, 0.6) is 0 Å². The molecule has 0 bridgehead atoms. The van der Waals surface area contributed by atoms with Crippen LogP contribution in [0.3, 0.4) is 0 Å². The van der Waals surface area contributed by atoms with E-state index in [1.54, 1.807) is 13.8 Å². The normalized spacial score (nSPS) is 12.2. The van der Waals surface area contributed by atoms with Crippen molar-refractivity contribution >= 4 is 11.9 Å². The zero-order valence-corrected chi connectivity index (χ0v) is 13.2. The van der Waals surface area contributed by atoms with Gasteiger partial charge in [-0.3, -0.25) is 9.59 Å². The summed E-state index contributed by atoms with van der Waals surface area (Å²) in [6.07, 6.45) is 3.33. The Kier molecular flexibility index (Phi) is 7.79. The van der Waals surface area contributed by atoms with E-state index < -0.39 is 17.0 Å². The van der Waals surface area contributed by atoms with Gasteiger partial charge in [-0.2, -0.15) is 0 Å². The lowest BCUT2D eigenvalue weighted by Crippen LogP contribution is -2.38. The average Bonchev–Trinajstić information content (AvgIpc) is 2.28. The Morgan fingerprint density at radius 1 is 1.05 bits per heavy atom. The van der Waals surface area contributed by atoms with Crippen LogP contribution in [-0.4, -0.2) is 34.2 Å². The Hall–Kier alpha value is -1.10. The Labute approximate surface area is 121 Å². The summed E-state index contributed by atoms with van der Waals surface area (Å²) in [4.78, 5) is 22.8. The summed E-state index contributed by atoms with van der Waals surface area (Å²) >= 11 is 0. The number of carbonyl (C=O) groups excluding carboxylic acids is 1. The standard InChI is InChI=1S/C15H29NO4/c1-5-7-15(20,8-6-2)11-12(17)16-10-9-14(3,4)13(18)19/h20H,5-11H2,1-4H3,(H,16,17)(H,18,19). The summed E-state index contributed by atoms with van der Waals surface area (Å²) < 4.78 is 0. The van der Waals surface area contributed by atoms with Gasteiger partial charge in [0.15, 0.2) is 0 Å². The zero-order valence-electron chi connectivity index (χ0n) is 13.2. The summed E-state index contributed by atoms with van der Waals surface area (Å²) in [5, 5.41) is 22.1.